The second-order valence-electron chi connectivity index (χ2n) is 12.2. The van der Waals surface area contributed by atoms with Crippen LogP contribution in [0.1, 0.15) is 36.7 Å². The number of aromatic nitrogens is 2. The van der Waals surface area contributed by atoms with Crippen molar-refractivity contribution in [1.29, 1.82) is 0 Å². The Morgan fingerprint density at radius 2 is 1.51 bits per heavy atom. The predicted octanol–water partition coefficient (Wildman–Crippen LogP) is 5.35. The summed E-state index contributed by atoms with van der Waals surface area (Å²) in [5.74, 6) is 0.604. The minimum absolute atomic E-state index is 0.147. The molecule has 1 saturated heterocycles. The molecule has 2 heterocycles. The first-order chi connectivity index (χ1) is 21.3. The summed E-state index contributed by atoms with van der Waals surface area (Å²) < 4.78 is 28.3. The summed E-state index contributed by atoms with van der Waals surface area (Å²) in [5, 5.41) is 9.35. The zero-order valence-electron chi connectivity index (χ0n) is 26.3. The lowest BCUT2D eigenvalue weighted by Crippen LogP contribution is -2.44. The third-order valence-electron chi connectivity index (χ3n) is 7.19. The summed E-state index contributed by atoms with van der Waals surface area (Å²) >= 11 is 0. The van der Waals surface area contributed by atoms with Gasteiger partial charge in [-0.3, -0.25) is 4.79 Å². The summed E-state index contributed by atoms with van der Waals surface area (Å²) in [6.07, 6.45) is 1.67. The van der Waals surface area contributed by atoms with Crippen molar-refractivity contribution in [3.05, 3.63) is 90.1 Å². The number of nitrogens with zero attached hydrogens (tertiary/aromatic N) is 4. The van der Waals surface area contributed by atoms with E-state index in [0.717, 1.165) is 43.1 Å². The van der Waals surface area contributed by atoms with Crippen molar-refractivity contribution in [3.8, 4) is 0 Å². The smallest absolute Gasteiger partial charge is 0.255 e. The van der Waals surface area contributed by atoms with E-state index in [1.807, 2.05) is 37.3 Å². The van der Waals surface area contributed by atoms with E-state index in [1.54, 1.807) is 69.4 Å². The van der Waals surface area contributed by atoms with Gasteiger partial charge in [0, 0.05) is 71.8 Å². The molecule has 1 fully saturated rings. The van der Waals surface area contributed by atoms with Crippen LogP contribution in [0.5, 0.6) is 0 Å². The number of nitrogens with one attached hydrogen (secondary N) is 4. The van der Waals surface area contributed by atoms with Gasteiger partial charge < -0.3 is 25.8 Å². The Balaban J connectivity index is 1.25. The van der Waals surface area contributed by atoms with Crippen molar-refractivity contribution < 1.29 is 13.2 Å². The third-order valence-corrected chi connectivity index (χ3v) is 8.95. The van der Waals surface area contributed by atoms with E-state index in [-0.39, 0.29) is 10.8 Å². The maximum Gasteiger partial charge on any atom is 0.255 e. The van der Waals surface area contributed by atoms with Gasteiger partial charge in [0.15, 0.2) is 0 Å². The van der Waals surface area contributed by atoms with Gasteiger partial charge in [-0.25, -0.2) is 18.1 Å². The Hall–Kier alpha value is -4.52. The van der Waals surface area contributed by atoms with E-state index in [2.05, 4.69) is 47.5 Å². The molecular weight excluding hydrogens is 588 g/mol. The van der Waals surface area contributed by atoms with Gasteiger partial charge >= 0.3 is 0 Å². The van der Waals surface area contributed by atoms with E-state index in [9.17, 15) is 13.2 Å². The lowest BCUT2D eigenvalue weighted by atomic mass is 10.1. The number of amides is 1. The molecule has 1 amide bonds. The number of aryl methyl sites for hydroxylation is 1. The van der Waals surface area contributed by atoms with Gasteiger partial charge in [0.1, 0.15) is 5.82 Å². The number of piperazine rings is 1. The fourth-order valence-electron chi connectivity index (χ4n) is 4.86. The standard InChI is InChI=1S/C33H40N8O3S/c1-23-22-34-32(38-30(23)35-27-10-7-11-29(21-27)45(43,44)39-33(2,3)4)37-26-9-6-8-24(20-26)31(42)36-25-12-14-28(15-13-25)41-18-16-40(5)17-19-41/h6-15,20-22,39H,16-19H2,1-5H3,(H,36,42)(H2,34,35,37,38). The Labute approximate surface area is 265 Å². The Morgan fingerprint density at radius 3 is 2.20 bits per heavy atom. The summed E-state index contributed by atoms with van der Waals surface area (Å²) in [6.45, 7) is 11.3. The molecule has 236 valence electrons. The van der Waals surface area contributed by atoms with Gasteiger partial charge in [-0.15, -0.1) is 0 Å². The van der Waals surface area contributed by atoms with Crippen LogP contribution in [-0.2, 0) is 10.0 Å². The molecule has 0 radical (unpaired) electrons. The number of anilines is 6. The van der Waals surface area contributed by atoms with E-state index in [1.165, 1.54) is 0 Å². The molecule has 4 aromatic rings. The zero-order chi connectivity index (χ0) is 32.2. The molecule has 1 aliphatic heterocycles. The highest BCUT2D eigenvalue weighted by atomic mass is 32.2. The summed E-state index contributed by atoms with van der Waals surface area (Å²) in [7, 11) is -1.57. The quantitative estimate of drug-likeness (QED) is 0.194. The number of carbonyl (C=O) groups is 1. The first-order valence-corrected chi connectivity index (χ1v) is 16.3. The topological polar surface area (TPSA) is 132 Å². The molecule has 4 N–H and O–H groups in total. The van der Waals surface area contributed by atoms with Crippen molar-refractivity contribution in [2.75, 3.05) is 54.1 Å². The molecule has 0 spiro atoms. The fraction of sp³-hybridized carbons (Fsp3) is 0.303. The second-order valence-corrected chi connectivity index (χ2v) is 13.9. The normalized spacial score (nSPS) is 14.2. The number of sulfonamides is 1. The van der Waals surface area contributed by atoms with Crippen LogP contribution in [0.3, 0.4) is 0 Å². The van der Waals surface area contributed by atoms with Crippen LogP contribution in [0, 0.1) is 6.92 Å². The second kappa shape index (κ2) is 13.2. The van der Waals surface area contributed by atoms with E-state index in [0.29, 0.717) is 28.7 Å². The number of carbonyl (C=O) groups excluding carboxylic acids is 1. The largest absolute Gasteiger partial charge is 0.369 e. The molecule has 0 aliphatic carbocycles. The van der Waals surface area contributed by atoms with Gasteiger partial charge in [-0.2, -0.15) is 4.98 Å². The lowest BCUT2D eigenvalue weighted by molar-refractivity contribution is 0.102. The number of benzene rings is 3. The monoisotopic (exact) mass is 628 g/mol. The maximum absolute atomic E-state index is 13.1. The Morgan fingerprint density at radius 1 is 0.844 bits per heavy atom. The first kappa shape index (κ1) is 31.9. The Kier molecular flexibility index (Phi) is 9.37. The van der Waals surface area contributed by atoms with Crippen molar-refractivity contribution >= 4 is 50.4 Å². The van der Waals surface area contributed by atoms with Crippen LogP contribution in [0.2, 0.25) is 0 Å². The molecule has 5 rings (SSSR count). The Bertz CT molecular complexity index is 1760. The highest BCUT2D eigenvalue weighted by Gasteiger charge is 2.22. The highest BCUT2D eigenvalue weighted by molar-refractivity contribution is 7.89. The van der Waals surface area contributed by atoms with Gasteiger partial charge in [0.05, 0.1) is 4.90 Å². The van der Waals surface area contributed by atoms with Gasteiger partial charge in [-0.1, -0.05) is 12.1 Å². The van der Waals surface area contributed by atoms with E-state index >= 15 is 0 Å². The minimum atomic E-state index is -3.70. The maximum atomic E-state index is 13.1. The average molecular weight is 629 g/mol. The van der Waals surface area contributed by atoms with Crippen molar-refractivity contribution in [1.82, 2.24) is 19.6 Å². The molecule has 0 bridgehead atoms. The van der Waals surface area contributed by atoms with Crippen molar-refractivity contribution in [2.24, 2.45) is 0 Å². The first-order valence-electron chi connectivity index (χ1n) is 14.8. The van der Waals surface area contributed by atoms with Crippen molar-refractivity contribution in [2.45, 2.75) is 38.1 Å². The molecule has 0 saturated carbocycles. The molecule has 11 nitrogen and oxygen atoms in total. The van der Waals surface area contributed by atoms with E-state index in [4.69, 9.17) is 0 Å². The van der Waals surface area contributed by atoms with Crippen LogP contribution >= 0.6 is 0 Å². The zero-order valence-corrected chi connectivity index (χ0v) is 27.1. The molecule has 0 unspecified atom stereocenters. The van der Waals surface area contributed by atoms with Crippen LogP contribution in [-0.4, -0.2) is 68.0 Å². The summed E-state index contributed by atoms with van der Waals surface area (Å²) in [4.78, 5) is 26.9. The molecule has 45 heavy (non-hydrogen) atoms. The average Bonchev–Trinajstić information content (AvgIpc) is 2.99. The summed E-state index contributed by atoms with van der Waals surface area (Å²) in [6, 6.07) is 21.6. The van der Waals surface area contributed by atoms with Gasteiger partial charge in [0.2, 0.25) is 16.0 Å². The SMILES string of the molecule is Cc1cnc(Nc2cccc(C(=O)Nc3ccc(N4CCN(C)CC4)cc3)c2)nc1Nc1cccc(S(=O)(=O)NC(C)(C)C)c1. The van der Waals surface area contributed by atoms with Crippen molar-refractivity contribution in [3.63, 3.8) is 0 Å². The molecule has 1 aromatic heterocycles. The molecule has 1 aliphatic rings. The van der Waals surface area contributed by atoms with Crippen LogP contribution in [0.25, 0.3) is 0 Å². The molecule has 0 atom stereocenters. The molecule has 12 heteroatoms. The highest BCUT2D eigenvalue weighted by Crippen LogP contribution is 2.25. The molecular formula is C33H40N8O3S. The third kappa shape index (κ3) is 8.56. The van der Waals surface area contributed by atoms with Crippen LogP contribution in [0.4, 0.5) is 34.5 Å². The number of likely N-dealkylation sites (N-methyl/N-ethyl adjacent to an activating group) is 1. The number of hydrogen-bond acceptors (Lipinski definition) is 9. The van der Waals surface area contributed by atoms with Crippen LogP contribution in [0.15, 0.2) is 83.9 Å². The minimum Gasteiger partial charge on any atom is -0.369 e. The fourth-order valence-corrected chi connectivity index (χ4v) is 6.32. The van der Waals surface area contributed by atoms with Gasteiger partial charge in [-0.05, 0) is 95.4 Å². The van der Waals surface area contributed by atoms with Gasteiger partial charge in [0.25, 0.3) is 5.91 Å². The summed E-state index contributed by atoms with van der Waals surface area (Å²) in [5.41, 5.74) is 3.72. The van der Waals surface area contributed by atoms with Crippen LogP contribution < -0.4 is 25.6 Å². The number of hydrogen-bond donors (Lipinski definition) is 4. The predicted molar refractivity (Wildman–Crippen MR) is 180 cm³/mol. The van der Waals surface area contributed by atoms with E-state index < -0.39 is 15.6 Å². The molecule has 3 aromatic carbocycles. The lowest BCUT2D eigenvalue weighted by Gasteiger charge is -2.34. The number of rotatable bonds is 9.